The summed E-state index contributed by atoms with van der Waals surface area (Å²) in [6.45, 7) is 11.3. The van der Waals surface area contributed by atoms with Crippen molar-refractivity contribution in [3.8, 4) is 0 Å². The van der Waals surface area contributed by atoms with Gasteiger partial charge in [0.25, 0.3) is 0 Å². The van der Waals surface area contributed by atoms with Gasteiger partial charge < -0.3 is 20.3 Å². The first-order valence-corrected chi connectivity index (χ1v) is 15.9. The molecule has 3 unspecified atom stereocenters. The molecule has 2 N–H and O–H groups in total. The topological polar surface area (TPSA) is 36.5 Å². The molecule has 4 heteroatoms. The first-order chi connectivity index (χ1) is 17.2. The molecule has 0 aromatic rings. The molecule has 10 aliphatic rings. The highest BCUT2D eigenvalue weighted by atomic mass is 16.5. The van der Waals surface area contributed by atoms with Gasteiger partial charge in [0.2, 0.25) is 0 Å². The molecular weight excluding hydrogens is 430 g/mol. The minimum atomic E-state index is 0.556. The van der Waals surface area contributed by atoms with Gasteiger partial charge in [-0.05, 0) is 119 Å². The molecule has 0 aromatic carbocycles. The zero-order chi connectivity index (χ0) is 23.5. The number of hydrogen-bond donors (Lipinski definition) is 2. The lowest BCUT2D eigenvalue weighted by Crippen LogP contribution is -2.53. The standard InChI is InChI=1S/C9H15N.C8H15N.C7H13NO.C7H12/c1-7-2-9-3-8(1)5-10(4-7)6-9;1-2-7-4-8(3-1)6-9-5-7;1-3-8-5-7(1)2-4-9-6-7;1-2-7-4-3-6(1)5-7/h7-9H,1-6H2;7-9H,1-6H2;8H,1-6H2;6-7H,1-5H2. The lowest BCUT2D eigenvalue weighted by molar-refractivity contribution is -0.0169. The third-order valence-electron chi connectivity index (χ3n) is 11.5. The van der Waals surface area contributed by atoms with E-state index in [4.69, 9.17) is 4.74 Å². The van der Waals surface area contributed by atoms with Gasteiger partial charge in [-0.3, -0.25) is 0 Å². The van der Waals surface area contributed by atoms with Gasteiger partial charge in [0.05, 0.1) is 6.61 Å². The lowest BCUT2D eigenvalue weighted by Gasteiger charge is -2.51. The van der Waals surface area contributed by atoms with Crippen molar-refractivity contribution >= 4 is 0 Å². The van der Waals surface area contributed by atoms with Crippen molar-refractivity contribution in [2.24, 2.45) is 46.8 Å². The molecule has 35 heavy (non-hydrogen) atoms. The minimum absolute atomic E-state index is 0.556. The Morgan fingerprint density at radius 2 is 1.17 bits per heavy atom. The second-order valence-electron chi connectivity index (χ2n) is 14.4. The first-order valence-electron chi connectivity index (χ1n) is 15.9. The zero-order valence-electron chi connectivity index (χ0n) is 22.7. The molecule has 4 aliphatic carbocycles. The Morgan fingerprint density at radius 3 is 1.57 bits per heavy atom. The van der Waals surface area contributed by atoms with Crippen molar-refractivity contribution in [1.29, 1.82) is 0 Å². The second-order valence-corrected chi connectivity index (χ2v) is 14.4. The summed E-state index contributed by atoms with van der Waals surface area (Å²) >= 11 is 0. The monoisotopic (exact) mass is 485 g/mol. The summed E-state index contributed by atoms with van der Waals surface area (Å²) < 4.78 is 5.34. The molecule has 4 saturated carbocycles. The van der Waals surface area contributed by atoms with Crippen molar-refractivity contribution in [2.45, 2.75) is 89.9 Å². The van der Waals surface area contributed by atoms with Crippen LogP contribution in [0.15, 0.2) is 0 Å². The summed E-state index contributed by atoms with van der Waals surface area (Å²) in [6.07, 6.45) is 21.1. The fourth-order valence-corrected chi connectivity index (χ4v) is 9.69. The Labute approximate surface area is 216 Å². The van der Waals surface area contributed by atoms with E-state index in [-0.39, 0.29) is 0 Å². The molecule has 10 rings (SSSR count). The van der Waals surface area contributed by atoms with Gasteiger partial charge in [-0.2, -0.15) is 0 Å². The highest BCUT2D eigenvalue weighted by Gasteiger charge is 2.40. The Morgan fingerprint density at radius 1 is 0.600 bits per heavy atom. The zero-order valence-corrected chi connectivity index (χ0v) is 22.7. The normalized spacial score (nSPS) is 48.0. The second kappa shape index (κ2) is 11.7. The van der Waals surface area contributed by atoms with E-state index in [0.717, 1.165) is 42.8 Å². The quantitative estimate of drug-likeness (QED) is 0.486. The summed E-state index contributed by atoms with van der Waals surface area (Å²) in [6, 6.07) is 0. The van der Waals surface area contributed by atoms with Gasteiger partial charge in [-0.15, -0.1) is 0 Å². The Bertz CT molecular complexity index is 544. The summed E-state index contributed by atoms with van der Waals surface area (Å²) in [5, 5.41) is 6.86. The smallest absolute Gasteiger partial charge is 0.0535 e. The molecule has 200 valence electrons. The van der Waals surface area contributed by atoms with Gasteiger partial charge in [0.1, 0.15) is 0 Å². The average molecular weight is 486 g/mol. The summed E-state index contributed by atoms with van der Waals surface area (Å²) in [4.78, 5) is 2.69. The van der Waals surface area contributed by atoms with Crippen LogP contribution in [0.5, 0.6) is 0 Å². The van der Waals surface area contributed by atoms with E-state index in [9.17, 15) is 0 Å². The predicted octanol–water partition coefficient (Wildman–Crippen LogP) is 5.33. The molecule has 0 aromatic heterocycles. The van der Waals surface area contributed by atoms with Crippen LogP contribution in [-0.4, -0.2) is 63.9 Å². The van der Waals surface area contributed by atoms with Gasteiger partial charge in [-0.1, -0.05) is 32.1 Å². The van der Waals surface area contributed by atoms with Crippen LogP contribution in [-0.2, 0) is 4.74 Å². The van der Waals surface area contributed by atoms with Crippen LogP contribution in [0.2, 0.25) is 0 Å². The van der Waals surface area contributed by atoms with Crippen LogP contribution < -0.4 is 10.6 Å². The van der Waals surface area contributed by atoms with Crippen LogP contribution in [0.1, 0.15) is 89.9 Å². The van der Waals surface area contributed by atoms with Crippen molar-refractivity contribution in [3.05, 3.63) is 0 Å². The van der Waals surface area contributed by atoms with Crippen molar-refractivity contribution in [1.82, 2.24) is 15.5 Å². The van der Waals surface area contributed by atoms with Gasteiger partial charge in [0, 0.05) is 38.2 Å². The molecule has 6 saturated heterocycles. The fourth-order valence-electron chi connectivity index (χ4n) is 9.69. The van der Waals surface area contributed by atoms with Crippen molar-refractivity contribution in [2.75, 3.05) is 59.0 Å². The molecule has 0 amide bonds. The molecular formula is C31H55N3O. The average Bonchev–Trinajstić information content (AvgIpc) is 3.69. The van der Waals surface area contributed by atoms with E-state index in [1.807, 2.05) is 0 Å². The molecule has 4 nitrogen and oxygen atoms in total. The van der Waals surface area contributed by atoms with Crippen LogP contribution in [0.3, 0.4) is 0 Å². The number of nitrogens with one attached hydrogen (secondary N) is 2. The molecule has 8 bridgehead atoms. The van der Waals surface area contributed by atoms with E-state index in [1.165, 1.54) is 96.2 Å². The molecule has 1 spiro atoms. The Hall–Kier alpha value is -0.160. The molecule has 0 radical (unpaired) electrons. The Kier molecular flexibility index (Phi) is 8.41. The molecule has 6 aliphatic heterocycles. The van der Waals surface area contributed by atoms with E-state index in [1.54, 1.807) is 51.4 Å². The third kappa shape index (κ3) is 6.65. The highest BCUT2D eigenvalue weighted by Crippen LogP contribution is 2.44. The number of hydrogen-bond acceptors (Lipinski definition) is 4. The van der Waals surface area contributed by atoms with Crippen LogP contribution in [0.25, 0.3) is 0 Å². The van der Waals surface area contributed by atoms with Crippen LogP contribution in [0, 0.1) is 46.8 Å². The van der Waals surface area contributed by atoms with Crippen molar-refractivity contribution < 1.29 is 4.74 Å². The summed E-state index contributed by atoms with van der Waals surface area (Å²) in [5.41, 5.74) is 0.556. The fraction of sp³-hybridized carbons (Fsp3) is 1.00. The number of piperidine rings is 4. The van der Waals surface area contributed by atoms with E-state index < -0.39 is 0 Å². The lowest BCUT2D eigenvalue weighted by atomic mass is 9.68. The van der Waals surface area contributed by atoms with E-state index in [0.29, 0.717) is 5.41 Å². The third-order valence-corrected chi connectivity index (χ3v) is 11.5. The summed E-state index contributed by atoms with van der Waals surface area (Å²) in [7, 11) is 0. The maximum atomic E-state index is 5.34. The molecule has 6 heterocycles. The highest BCUT2D eigenvalue weighted by molar-refractivity contribution is 4.93. The van der Waals surface area contributed by atoms with Gasteiger partial charge in [0.15, 0.2) is 0 Å². The number of fused-ring (bicyclic) bond motifs is 4. The number of ether oxygens (including phenoxy) is 1. The maximum absolute atomic E-state index is 5.34. The van der Waals surface area contributed by atoms with E-state index >= 15 is 0 Å². The summed E-state index contributed by atoms with van der Waals surface area (Å²) in [5.74, 6) is 7.73. The van der Waals surface area contributed by atoms with Crippen molar-refractivity contribution in [3.63, 3.8) is 0 Å². The number of nitrogens with zero attached hydrogens (tertiary/aromatic N) is 1. The van der Waals surface area contributed by atoms with Crippen LogP contribution in [0.4, 0.5) is 0 Å². The largest absolute Gasteiger partial charge is 0.381 e. The molecule has 10 fully saturated rings. The maximum Gasteiger partial charge on any atom is 0.0535 e. The molecule has 3 atom stereocenters. The minimum Gasteiger partial charge on any atom is -0.381 e. The van der Waals surface area contributed by atoms with Crippen LogP contribution >= 0.6 is 0 Å². The Balaban J connectivity index is 0.0000000877. The van der Waals surface area contributed by atoms with E-state index in [2.05, 4.69) is 15.5 Å². The number of rotatable bonds is 0. The first kappa shape index (κ1) is 25.1. The predicted molar refractivity (Wildman–Crippen MR) is 144 cm³/mol. The van der Waals surface area contributed by atoms with Gasteiger partial charge in [-0.25, -0.2) is 0 Å². The van der Waals surface area contributed by atoms with Gasteiger partial charge >= 0.3 is 0 Å². The SMILES string of the molecule is C1C2CC3CC1CN(C2)C3.C1CC2(CCOC2)CN1.C1CC2CCC1C2.C1CC2CNCC(C1)C2.